The summed E-state index contributed by atoms with van der Waals surface area (Å²) in [6.07, 6.45) is 0.751. The second kappa shape index (κ2) is 1.87. The molecule has 0 aromatic heterocycles. The van der Waals surface area contributed by atoms with Crippen molar-refractivity contribution in [3.05, 3.63) is 0 Å². The van der Waals surface area contributed by atoms with Crippen molar-refractivity contribution in [3.8, 4) is 0 Å². The first-order chi connectivity index (χ1) is 4.11. The van der Waals surface area contributed by atoms with Crippen LogP contribution < -0.4 is 0 Å². The third-order valence-electron chi connectivity index (χ3n) is 1.75. The topological polar surface area (TPSA) is 26.3 Å². The highest BCUT2D eigenvalue weighted by Gasteiger charge is 2.57. The monoisotopic (exact) mass is 148 g/mol. The highest BCUT2D eigenvalue weighted by molar-refractivity contribution is 6.36. The average Bonchev–Trinajstić information content (AvgIpc) is 2.41. The van der Waals surface area contributed by atoms with E-state index in [1.54, 1.807) is 0 Å². The van der Waals surface area contributed by atoms with Gasteiger partial charge in [-0.15, -0.1) is 11.6 Å². The maximum Gasteiger partial charge on any atom is 0.327 e. The van der Waals surface area contributed by atoms with Crippen LogP contribution in [0.5, 0.6) is 0 Å². The van der Waals surface area contributed by atoms with Crippen LogP contribution in [-0.4, -0.2) is 18.0 Å². The Morgan fingerprint density at radius 3 is 2.44 bits per heavy atom. The Bertz CT molecular complexity index is 146. The Labute approximate surface area is 59.1 Å². The number of ether oxygens (including phenoxy) is 1. The van der Waals surface area contributed by atoms with Crippen molar-refractivity contribution in [3.63, 3.8) is 0 Å². The summed E-state index contributed by atoms with van der Waals surface area (Å²) in [6, 6.07) is 0. The second-order valence-corrected chi connectivity index (χ2v) is 3.13. The van der Waals surface area contributed by atoms with Gasteiger partial charge in [0.2, 0.25) is 0 Å². The Morgan fingerprint density at radius 1 is 1.89 bits per heavy atom. The molecule has 0 spiro atoms. The van der Waals surface area contributed by atoms with E-state index in [9.17, 15) is 4.79 Å². The first kappa shape index (κ1) is 6.87. The van der Waals surface area contributed by atoms with Gasteiger partial charge in [-0.25, -0.2) is 0 Å². The maximum absolute atomic E-state index is 10.8. The van der Waals surface area contributed by atoms with Crippen LogP contribution in [0.4, 0.5) is 0 Å². The van der Waals surface area contributed by atoms with Crippen molar-refractivity contribution in [2.24, 2.45) is 5.92 Å². The Kier molecular flexibility index (Phi) is 1.43. The lowest BCUT2D eigenvalue weighted by atomic mass is 10.3. The van der Waals surface area contributed by atoms with Crippen LogP contribution in [0.3, 0.4) is 0 Å². The third kappa shape index (κ3) is 0.917. The van der Waals surface area contributed by atoms with Gasteiger partial charge in [0, 0.05) is 0 Å². The molecule has 52 valence electrons. The molecular formula is C6H9ClO2. The lowest BCUT2D eigenvalue weighted by Gasteiger charge is -2.02. The van der Waals surface area contributed by atoms with Gasteiger partial charge in [0.1, 0.15) is 4.87 Å². The Morgan fingerprint density at radius 2 is 2.33 bits per heavy atom. The van der Waals surface area contributed by atoms with E-state index >= 15 is 0 Å². The minimum absolute atomic E-state index is 0.284. The molecule has 1 fully saturated rings. The Balaban J connectivity index is 2.53. The largest absolute Gasteiger partial charge is 0.468 e. The number of methoxy groups -OCH3 is 1. The summed E-state index contributed by atoms with van der Waals surface area (Å²) in [6.45, 7) is 1.93. The van der Waals surface area contributed by atoms with Crippen molar-refractivity contribution in [2.75, 3.05) is 7.11 Å². The smallest absolute Gasteiger partial charge is 0.327 e. The summed E-state index contributed by atoms with van der Waals surface area (Å²) < 4.78 is 4.48. The lowest BCUT2D eigenvalue weighted by molar-refractivity contribution is -0.141. The van der Waals surface area contributed by atoms with E-state index in [1.807, 2.05) is 6.92 Å². The SMILES string of the molecule is COC(=O)[C@@]1(Cl)C[C@H]1C. The molecule has 0 unspecified atom stereocenters. The molecule has 2 atom stereocenters. The molecule has 0 radical (unpaired) electrons. The van der Waals surface area contributed by atoms with E-state index in [4.69, 9.17) is 11.6 Å². The fourth-order valence-electron chi connectivity index (χ4n) is 0.841. The average molecular weight is 149 g/mol. The highest BCUT2D eigenvalue weighted by atomic mass is 35.5. The lowest BCUT2D eigenvalue weighted by Crippen LogP contribution is -2.19. The summed E-state index contributed by atoms with van der Waals surface area (Å²) in [4.78, 5) is 10.1. The molecule has 1 aliphatic carbocycles. The molecule has 0 heterocycles. The normalized spacial score (nSPS) is 40.1. The quantitative estimate of drug-likeness (QED) is 0.412. The van der Waals surface area contributed by atoms with E-state index in [1.165, 1.54) is 7.11 Å². The van der Waals surface area contributed by atoms with Gasteiger partial charge in [-0.1, -0.05) is 6.92 Å². The van der Waals surface area contributed by atoms with E-state index in [-0.39, 0.29) is 11.9 Å². The minimum Gasteiger partial charge on any atom is -0.468 e. The molecule has 1 saturated carbocycles. The van der Waals surface area contributed by atoms with Crippen LogP contribution in [-0.2, 0) is 9.53 Å². The van der Waals surface area contributed by atoms with Crippen LogP contribution in [0.25, 0.3) is 0 Å². The molecule has 0 aromatic carbocycles. The number of hydrogen-bond acceptors (Lipinski definition) is 2. The van der Waals surface area contributed by atoms with E-state index in [0.717, 1.165) is 6.42 Å². The fraction of sp³-hybridized carbons (Fsp3) is 0.833. The number of esters is 1. The van der Waals surface area contributed by atoms with Crippen molar-refractivity contribution in [1.82, 2.24) is 0 Å². The van der Waals surface area contributed by atoms with Crippen LogP contribution in [0, 0.1) is 5.92 Å². The van der Waals surface area contributed by atoms with Crippen LogP contribution >= 0.6 is 11.6 Å². The molecule has 1 rings (SSSR count). The number of carbonyl (C=O) groups is 1. The highest BCUT2D eigenvalue weighted by Crippen LogP contribution is 2.49. The van der Waals surface area contributed by atoms with Gasteiger partial charge in [0.05, 0.1) is 7.11 Å². The zero-order valence-electron chi connectivity index (χ0n) is 5.48. The van der Waals surface area contributed by atoms with Gasteiger partial charge < -0.3 is 4.74 Å². The second-order valence-electron chi connectivity index (χ2n) is 2.46. The molecule has 0 N–H and O–H groups in total. The van der Waals surface area contributed by atoms with Crippen LogP contribution in [0.15, 0.2) is 0 Å². The molecular weight excluding hydrogens is 140 g/mol. The van der Waals surface area contributed by atoms with Crippen LogP contribution in [0.1, 0.15) is 13.3 Å². The summed E-state index contributed by atoms with van der Waals surface area (Å²) in [5, 5.41) is 0. The van der Waals surface area contributed by atoms with Crippen molar-refractivity contribution in [2.45, 2.75) is 18.2 Å². The van der Waals surface area contributed by atoms with Crippen molar-refractivity contribution in [1.29, 1.82) is 0 Å². The fourth-order valence-corrected chi connectivity index (χ4v) is 1.15. The molecule has 1 aliphatic rings. The number of carbonyl (C=O) groups excluding carboxylic acids is 1. The van der Waals surface area contributed by atoms with Gasteiger partial charge in [0.25, 0.3) is 0 Å². The van der Waals surface area contributed by atoms with E-state index in [0.29, 0.717) is 0 Å². The molecule has 0 bridgehead atoms. The summed E-state index contributed by atoms with van der Waals surface area (Å²) in [7, 11) is 1.36. The third-order valence-corrected chi connectivity index (χ3v) is 2.43. The molecule has 0 amide bonds. The maximum atomic E-state index is 10.8. The Hall–Kier alpha value is -0.240. The van der Waals surface area contributed by atoms with Gasteiger partial charge in [-0.3, -0.25) is 4.79 Å². The van der Waals surface area contributed by atoms with Gasteiger partial charge >= 0.3 is 5.97 Å². The van der Waals surface area contributed by atoms with Gasteiger partial charge in [-0.2, -0.15) is 0 Å². The molecule has 2 nitrogen and oxygen atoms in total. The summed E-state index contributed by atoms with van der Waals surface area (Å²) in [5.41, 5.74) is 0. The van der Waals surface area contributed by atoms with Crippen molar-refractivity contribution < 1.29 is 9.53 Å². The zero-order chi connectivity index (χ0) is 7.07. The standard InChI is InChI=1S/C6H9ClO2/c1-4-3-6(4,7)5(8)9-2/h4H,3H2,1-2H3/t4-,6-/m1/s1. The number of rotatable bonds is 1. The van der Waals surface area contributed by atoms with Gasteiger partial charge in [0.15, 0.2) is 0 Å². The molecule has 3 heteroatoms. The summed E-state index contributed by atoms with van der Waals surface area (Å²) in [5.74, 6) is -0.0108. The van der Waals surface area contributed by atoms with Gasteiger partial charge in [-0.05, 0) is 12.3 Å². The summed E-state index contributed by atoms with van der Waals surface area (Å²) >= 11 is 5.77. The number of alkyl halides is 1. The van der Waals surface area contributed by atoms with E-state index < -0.39 is 4.87 Å². The molecule has 0 saturated heterocycles. The first-order valence-electron chi connectivity index (χ1n) is 2.88. The predicted octanol–water partition coefficient (Wildman–Crippen LogP) is 1.18. The first-order valence-corrected chi connectivity index (χ1v) is 3.26. The predicted molar refractivity (Wildman–Crippen MR) is 34.4 cm³/mol. The number of halogens is 1. The van der Waals surface area contributed by atoms with E-state index in [2.05, 4.69) is 4.74 Å². The number of hydrogen-bond donors (Lipinski definition) is 0. The zero-order valence-corrected chi connectivity index (χ0v) is 6.23. The van der Waals surface area contributed by atoms with Crippen molar-refractivity contribution >= 4 is 17.6 Å². The minimum atomic E-state index is -0.672. The molecule has 9 heavy (non-hydrogen) atoms. The van der Waals surface area contributed by atoms with Crippen LogP contribution in [0.2, 0.25) is 0 Å². The molecule has 0 aliphatic heterocycles. The molecule has 0 aromatic rings.